The summed E-state index contributed by atoms with van der Waals surface area (Å²) in [6.45, 7) is 9.54. The highest BCUT2D eigenvalue weighted by Gasteiger charge is 2.17. The Bertz CT molecular complexity index is 1130. The molecule has 5 nitrogen and oxygen atoms in total. The monoisotopic (exact) mass is 417 g/mol. The third-order valence-corrected chi connectivity index (χ3v) is 6.43. The molecule has 0 aliphatic carbocycles. The zero-order valence-electron chi connectivity index (χ0n) is 15.8. The number of nitrogens with zero attached hydrogens (tertiary/aromatic N) is 2. The van der Waals surface area contributed by atoms with Crippen LogP contribution >= 0.6 is 23.1 Å². The molecule has 0 saturated carbocycles. The first-order valence-corrected chi connectivity index (χ1v) is 10.4. The SMILES string of the molecule is C=CCn1c(SCC(=O)Nc2ccc(C)c(F)c2)nc2sc(C)c(C)c2c1=O. The van der Waals surface area contributed by atoms with Crippen molar-refractivity contribution in [1.82, 2.24) is 9.55 Å². The van der Waals surface area contributed by atoms with E-state index in [2.05, 4.69) is 16.9 Å². The molecular formula is C20H20FN3O2S2. The second-order valence-corrected chi connectivity index (χ2v) is 8.51. The van der Waals surface area contributed by atoms with Gasteiger partial charge in [0.1, 0.15) is 10.6 Å². The van der Waals surface area contributed by atoms with Gasteiger partial charge in [0.15, 0.2) is 5.16 Å². The number of anilines is 1. The Balaban J connectivity index is 1.83. The largest absolute Gasteiger partial charge is 0.325 e. The van der Waals surface area contributed by atoms with Gasteiger partial charge in [-0.05, 0) is 44.0 Å². The lowest BCUT2D eigenvalue weighted by atomic mass is 10.2. The second kappa shape index (κ2) is 8.28. The predicted octanol–water partition coefficient (Wildman–Crippen LogP) is 4.44. The highest BCUT2D eigenvalue weighted by atomic mass is 32.2. The third-order valence-electron chi connectivity index (χ3n) is 4.35. The number of halogens is 1. The summed E-state index contributed by atoms with van der Waals surface area (Å²) >= 11 is 2.64. The molecule has 8 heteroatoms. The number of hydrogen-bond donors (Lipinski definition) is 1. The van der Waals surface area contributed by atoms with Crippen LogP contribution in [0.25, 0.3) is 10.2 Å². The molecule has 0 aliphatic heterocycles. The Morgan fingerprint density at radius 3 is 2.82 bits per heavy atom. The third kappa shape index (κ3) is 4.02. The van der Waals surface area contributed by atoms with Crippen LogP contribution in [0.5, 0.6) is 0 Å². The van der Waals surface area contributed by atoms with Crippen molar-refractivity contribution in [3.8, 4) is 0 Å². The molecule has 1 amide bonds. The van der Waals surface area contributed by atoms with E-state index in [1.54, 1.807) is 25.1 Å². The number of benzene rings is 1. The van der Waals surface area contributed by atoms with Crippen LogP contribution in [-0.2, 0) is 11.3 Å². The highest BCUT2D eigenvalue weighted by molar-refractivity contribution is 7.99. The van der Waals surface area contributed by atoms with Gasteiger partial charge in [-0.1, -0.05) is 23.9 Å². The molecule has 0 atom stereocenters. The fourth-order valence-electron chi connectivity index (χ4n) is 2.71. The first kappa shape index (κ1) is 20.3. The van der Waals surface area contributed by atoms with Crippen LogP contribution in [0.4, 0.5) is 10.1 Å². The van der Waals surface area contributed by atoms with Crippen molar-refractivity contribution in [3.05, 3.63) is 63.0 Å². The Labute approximate surface area is 170 Å². The average molecular weight is 418 g/mol. The van der Waals surface area contributed by atoms with Crippen molar-refractivity contribution in [3.63, 3.8) is 0 Å². The zero-order valence-corrected chi connectivity index (χ0v) is 17.5. The second-order valence-electron chi connectivity index (χ2n) is 6.36. The van der Waals surface area contributed by atoms with Gasteiger partial charge in [-0.3, -0.25) is 14.2 Å². The fourth-order valence-corrected chi connectivity index (χ4v) is 4.59. The average Bonchev–Trinajstić information content (AvgIpc) is 2.93. The lowest BCUT2D eigenvalue weighted by Gasteiger charge is -2.11. The van der Waals surface area contributed by atoms with Crippen LogP contribution in [0.2, 0.25) is 0 Å². The Hall–Kier alpha value is -2.45. The van der Waals surface area contributed by atoms with E-state index >= 15 is 0 Å². The summed E-state index contributed by atoms with van der Waals surface area (Å²) in [4.78, 5) is 31.5. The van der Waals surface area contributed by atoms with E-state index in [9.17, 15) is 14.0 Å². The van der Waals surface area contributed by atoms with E-state index in [-0.39, 0.29) is 23.0 Å². The molecule has 0 aliphatic rings. The summed E-state index contributed by atoms with van der Waals surface area (Å²) in [5, 5.41) is 3.74. The quantitative estimate of drug-likeness (QED) is 0.366. The summed E-state index contributed by atoms with van der Waals surface area (Å²) in [5.41, 5.74) is 1.71. The van der Waals surface area contributed by atoms with Crippen LogP contribution in [0.1, 0.15) is 16.0 Å². The first-order chi connectivity index (χ1) is 13.3. The lowest BCUT2D eigenvalue weighted by molar-refractivity contribution is -0.113. The van der Waals surface area contributed by atoms with Gasteiger partial charge in [0.2, 0.25) is 5.91 Å². The number of carbonyl (C=O) groups excluding carboxylic acids is 1. The van der Waals surface area contributed by atoms with E-state index in [0.29, 0.717) is 33.2 Å². The topological polar surface area (TPSA) is 64.0 Å². The summed E-state index contributed by atoms with van der Waals surface area (Å²) in [6.07, 6.45) is 1.63. The molecule has 1 aromatic carbocycles. The number of carbonyl (C=O) groups is 1. The van der Waals surface area contributed by atoms with Gasteiger partial charge in [0, 0.05) is 17.1 Å². The van der Waals surface area contributed by atoms with E-state index < -0.39 is 0 Å². The maximum atomic E-state index is 13.6. The molecule has 1 N–H and O–H groups in total. The molecule has 0 fully saturated rings. The minimum absolute atomic E-state index is 0.0495. The van der Waals surface area contributed by atoms with Gasteiger partial charge in [-0.15, -0.1) is 17.9 Å². The first-order valence-electron chi connectivity index (χ1n) is 8.62. The maximum absolute atomic E-state index is 13.6. The predicted molar refractivity (Wildman–Crippen MR) is 114 cm³/mol. The molecule has 28 heavy (non-hydrogen) atoms. The Morgan fingerprint density at radius 1 is 1.39 bits per heavy atom. The lowest BCUT2D eigenvalue weighted by Crippen LogP contribution is -2.23. The van der Waals surface area contributed by atoms with Crippen LogP contribution < -0.4 is 10.9 Å². The summed E-state index contributed by atoms with van der Waals surface area (Å²) < 4.78 is 15.2. The number of aromatic nitrogens is 2. The number of thiophene rings is 1. The zero-order chi connectivity index (χ0) is 20.4. The van der Waals surface area contributed by atoms with E-state index in [1.807, 2.05) is 13.8 Å². The maximum Gasteiger partial charge on any atom is 0.263 e. The van der Waals surface area contributed by atoms with Crippen molar-refractivity contribution >= 4 is 44.9 Å². The van der Waals surface area contributed by atoms with Crippen molar-refractivity contribution in [2.75, 3.05) is 11.1 Å². The molecule has 3 rings (SSSR count). The normalized spacial score (nSPS) is 11.0. The van der Waals surface area contributed by atoms with Crippen LogP contribution in [0.3, 0.4) is 0 Å². The van der Waals surface area contributed by atoms with E-state index in [0.717, 1.165) is 10.4 Å². The van der Waals surface area contributed by atoms with Crippen LogP contribution in [-0.4, -0.2) is 21.2 Å². The van der Waals surface area contributed by atoms with Gasteiger partial charge in [0.25, 0.3) is 5.56 Å². The smallest absolute Gasteiger partial charge is 0.263 e. The molecule has 3 aromatic rings. The minimum Gasteiger partial charge on any atom is -0.325 e. The van der Waals surface area contributed by atoms with E-state index in [1.165, 1.54) is 33.7 Å². The van der Waals surface area contributed by atoms with Gasteiger partial charge < -0.3 is 5.32 Å². The van der Waals surface area contributed by atoms with Gasteiger partial charge in [-0.2, -0.15) is 0 Å². The number of hydrogen-bond acceptors (Lipinski definition) is 5. The molecule has 0 saturated heterocycles. The molecule has 0 unspecified atom stereocenters. The molecule has 146 valence electrons. The minimum atomic E-state index is -0.374. The molecule has 0 spiro atoms. The highest BCUT2D eigenvalue weighted by Crippen LogP contribution is 2.28. The Kier molecular flexibility index (Phi) is 6.00. The number of fused-ring (bicyclic) bond motifs is 1. The Morgan fingerprint density at radius 2 is 2.14 bits per heavy atom. The van der Waals surface area contributed by atoms with Gasteiger partial charge in [0.05, 0.1) is 11.1 Å². The molecular weight excluding hydrogens is 397 g/mol. The molecule has 2 heterocycles. The fraction of sp³-hybridized carbons (Fsp3) is 0.250. The van der Waals surface area contributed by atoms with Crippen molar-refractivity contribution in [2.24, 2.45) is 0 Å². The summed E-state index contributed by atoms with van der Waals surface area (Å²) in [7, 11) is 0. The molecule has 2 aromatic heterocycles. The number of rotatable bonds is 6. The number of aryl methyl sites for hydroxylation is 3. The van der Waals surface area contributed by atoms with Crippen molar-refractivity contribution < 1.29 is 9.18 Å². The van der Waals surface area contributed by atoms with Gasteiger partial charge >= 0.3 is 0 Å². The number of allylic oxidation sites excluding steroid dienone is 1. The molecule has 0 bridgehead atoms. The number of amides is 1. The number of thioether (sulfide) groups is 1. The van der Waals surface area contributed by atoms with Gasteiger partial charge in [-0.25, -0.2) is 9.37 Å². The van der Waals surface area contributed by atoms with Crippen molar-refractivity contribution in [2.45, 2.75) is 32.5 Å². The van der Waals surface area contributed by atoms with Crippen LogP contribution in [0, 0.1) is 26.6 Å². The van der Waals surface area contributed by atoms with Crippen LogP contribution in [0.15, 0.2) is 40.8 Å². The van der Waals surface area contributed by atoms with E-state index in [4.69, 9.17) is 0 Å². The summed E-state index contributed by atoms with van der Waals surface area (Å²) in [5.74, 6) is -0.624. The molecule has 0 radical (unpaired) electrons. The summed E-state index contributed by atoms with van der Waals surface area (Å²) in [6, 6.07) is 4.54. The van der Waals surface area contributed by atoms with Crippen molar-refractivity contribution in [1.29, 1.82) is 0 Å². The standard InChI is InChI=1S/C20H20FN3O2S2/c1-5-8-24-19(26)17-12(3)13(4)28-18(17)23-20(24)27-10-16(25)22-14-7-6-11(2)15(21)9-14/h5-7,9H,1,8,10H2,2-4H3,(H,22,25). The number of nitrogens with one attached hydrogen (secondary N) is 1.